The number of nitrogens with zero attached hydrogens (tertiary/aromatic N) is 2. The van der Waals surface area contributed by atoms with Crippen LogP contribution in [0.25, 0.3) is 0 Å². The molecular weight excluding hydrogens is 278 g/mol. The maximum Gasteiger partial charge on any atom is 0.246 e. The lowest BCUT2D eigenvalue weighted by Gasteiger charge is -2.30. The molecule has 1 saturated heterocycles. The Kier molecular flexibility index (Phi) is 4.28. The van der Waals surface area contributed by atoms with Gasteiger partial charge in [0.25, 0.3) is 0 Å². The van der Waals surface area contributed by atoms with Crippen LogP contribution in [0.5, 0.6) is 5.75 Å². The van der Waals surface area contributed by atoms with Gasteiger partial charge < -0.3 is 10.5 Å². The summed E-state index contributed by atoms with van der Waals surface area (Å²) in [7, 11) is -2.26. The van der Waals surface area contributed by atoms with Gasteiger partial charge in [-0.05, 0) is 31.0 Å². The molecule has 2 rings (SSSR count). The van der Waals surface area contributed by atoms with E-state index in [1.165, 1.54) is 29.6 Å². The van der Waals surface area contributed by atoms with Gasteiger partial charge in [0.2, 0.25) is 10.0 Å². The van der Waals surface area contributed by atoms with Gasteiger partial charge >= 0.3 is 0 Å². The molecule has 1 aliphatic heterocycles. The Labute approximate surface area is 118 Å². The molecule has 0 bridgehead atoms. The molecule has 2 N–H and O–H groups in total. The summed E-state index contributed by atoms with van der Waals surface area (Å²) >= 11 is 0. The summed E-state index contributed by atoms with van der Waals surface area (Å²) < 4.78 is 31.7. The van der Waals surface area contributed by atoms with Gasteiger partial charge in [-0.15, -0.1) is 0 Å². The van der Waals surface area contributed by atoms with Crippen molar-refractivity contribution in [1.29, 1.82) is 5.26 Å². The lowest BCUT2D eigenvalue weighted by Crippen LogP contribution is -2.45. The predicted octanol–water partition coefficient (Wildman–Crippen LogP) is 0.679. The Balaban J connectivity index is 2.41. The Bertz CT molecular complexity index is 637. The summed E-state index contributed by atoms with van der Waals surface area (Å²) in [6.07, 6.45) is 1.58. The van der Waals surface area contributed by atoms with Gasteiger partial charge in [-0.25, -0.2) is 8.42 Å². The first-order chi connectivity index (χ1) is 9.48. The van der Waals surface area contributed by atoms with Crippen LogP contribution in [0.2, 0.25) is 0 Å². The fraction of sp³-hybridized carbons (Fsp3) is 0.462. The van der Waals surface area contributed by atoms with Crippen LogP contribution in [0, 0.1) is 11.3 Å². The van der Waals surface area contributed by atoms with E-state index in [0.717, 1.165) is 12.8 Å². The summed E-state index contributed by atoms with van der Waals surface area (Å²) in [5.41, 5.74) is 6.19. The molecule has 1 aliphatic rings. The minimum absolute atomic E-state index is 0.0769. The number of ether oxygens (including phenoxy) is 1. The van der Waals surface area contributed by atoms with E-state index in [2.05, 4.69) is 0 Å². The van der Waals surface area contributed by atoms with Crippen LogP contribution < -0.4 is 10.5 Å². The van der Waals surface area contributed by atoms with Gasteiger partial charge in [0, 0.05) is 19.1 Å². The monoisotopic (exact) mass is 295 g/mol. The molecule has 108 valence electrons. The maximum atomic E-state index is 12.6. The standard InChI is InChI=1S/C13H17N3O3S/c1-19-12-7-10(8-14)4-5-13(12)20(17,18)16-6-2-3-11(15)9-16/h4-5,7,11H,2-3,6,9,15H2,1H3/t11-/m1/s1. The van der Waals surface area contributed by atoms with Crippen molar-refractivity contribution in [3.63, 3.8) is 0 Å². The number of rotatable bonds is 3. The summed E-state index contributed by atoms with van der Waals surface area (Å²) in [5, 5.41) is 8.85. The second-order valence-electron chi connectivity index (χ2n) is 4.74. The summed E-state index contributed by atoms with van der Waals surface area (Å²) in [5.74, 6) is 0.184. The zero-order chi connectivity index (χ0) is 14.8. The minimum atomic E-state index is -3.64. The fourth-order valence-electron chi connectivity index (χ4n) is 2.28. The Morgan fingerprint density at radius 1 is 1.50 bits per heavy atom. The van der Waals surface area contributed by atoms with Crippen LogP contribution in [0.15, 0.2) is 23.1 Å². The van der Waals surface area contributed by atoms with E-state index in [1.807, 2.05) is 6.07 Å². The zero-order valence-electron chi connectivity index (χ0n) is 11.2. The van der Waals surface area contributed by atoms with E-state index in [9.17, 15) is 8.42 Å². The molecule has 0 spiro atoms. The molecule has 7 heteroatoms. The average molecular weight is 295 g/mol. The van der Waals surface area contributed by atoms with Gasteiger partial charge in [-0.2, -0.15) is 9.57 Å². The van der Waals surface area contributed by atoms with E-state index in [1.54, 1.807) is 0 Å². The molecule has 1 aromatic carbocycles. The average Bonchev–Trinajstić information content (AvgIpc) is 2.46. The highest BCUT2D eigenvalue weighted by molar-refractivity contribution is 7.89. The van der Waals surface area contributed by atoms with E-state index < -0.39 is 10.0 Å². The molecule has 0 amide bonds. The van der Waals surface area contributed by atoms with Crippen molar-refractivity contribution < 1.29 is 13.2 Å². The summed E-state index contributed by atoms with van der Waals surface area (Å²) in [6.45, 7) is 0.769. The molecule has 0 aromatic heterocycles. The van der Waals surface area contributed by atoms with Crippen molar-refractivity contribution in [3.8, 4) is 11.8 Å². The van der Waals surface area contributed by atoms with Crippen LogP contribution in [-0.2, 0) is 10.0 Å². The fourth-order valence-corrected chi connectivity index (χ4v) is 3.95. The maximum absolute atomic E-state index is 12.6. The zero-order valence-corrected chi connectivity index (χ0v) is 12.1. The van der Waals surface area contributed by atoms with E-state index >= 15 is 0 Å². The SMILES string of the molecule is COc1cc(C#N)ccc1S(=O)(=O)N1CCC[C@@H](N)C1. The molecule has 6 nitrogen and oxygen atoms in total. The van der Waals surface area contributed by atoms with Crippen molar-refractivity contribution >= 4 is 10.0 Å². The number of piperidine rings is 1. The van der Waals surface area contributed by atoms with Crippen molar-refractivity contribution in [2.45, 2.75) is 23.8 Å². The number of hydrogen-bond acceptors (Lipinski definition) is 5. The van der Waals surface area contributed by atoms with Gasteiger partial charge in [-0.1, -0.05) is 0 Å². The number of sulfonamides is 1. The van der Waals surface area contributed by atoms with Gasteiger partial charge in [0.05, 0.1) is 18.7 Å². The Morgan fingerprint density at radius 2 is 2.25 bits per heavy atom. The quantitative estimate of drug-likeness (QED) is 0.884. The number of benzene rings is 1. The lowest BCUT2D eigenvalue weighted by molar-refractivity contribution is 0.314. The van der Waals surface area contributed by atoms with Crippen LogP contribution in [0.4, 0.5) is 0 Å². The Morgan fingerprint density at radius 3 is 2.85 bits per heavy atom. The van der Waals surface area contributed by atoms with Crippen molar-refractivity contribution in [1.82, 2.24) is 4.31 Å². The normalized spacial score (nSPS) is 20.4. The molecule has 1 fully saturated rings. The third-order valence-electron chi connectivity index (χ3n) is 3.33. The first kappa shape index (κ1) is 14.8. The second-order valence-corrected chi connectivity index (χ2v) is 6.65. The smallest absolute Gasteiger partial charge is 0.246 e. The third-order valence-corrected chi connectivity index (χ3v) is 5.24. The molecule has 20 heavy (non-hydrogen) atoms. The van der Waals surface area contributed by atoms with Gasteiger partial charge in [-0.3, -0.25) is 0 Å². The van der Waals surface area contributed by atoms with Gasteiger partial charge in [0.1, 0.15) is 10.6 Å². The number of methoxy groups -OCH3 is 1. The van der Waals surface area contributed by atoms with E-state index in [-0.39, 0.29) is 16.7 Å². The highest BCUT2D eigenvalue weighted by Crippen LogP contribution is 2.29. The number of nitriles is 1. The first-order valence-corrected chi connectivity index (χ1v) is 7.77. The highest BCUT2D eigenvalue weighted by Gasteiger charge is 2.31. The highest BCUT2D eigenvalue weighted by atomic mass is 32.2. The molecule has 1 aromatic rings. The number of hydrogen-bond donors (Lipinski definition) is 1. The van der Waals surface area contributed by atoms with Crippen molar-refractivity contribution in [2.24, 2.45) is 5.73 Å². The van der Waals surface area contributed by atoms with E-state index in [4.69, 9.17) is 15.7 Å². The molecule has 0 radical (unpaired) electrons. The molecule has 0 unspecified atom stereocenters. The molecule has 0 saturated carbocycles. The molecule has 1 heterocycles. The summed E-state index contributed by atoms with van der Waals surface area (Å²) in [4.78, 5) is 0.0769. The molecule has 0 aliphatic carbocycles. The number of nitrogens with two attached hydrogens (primary N) is 1. The van der Waals surface area contributed by atoms with Crippen molar-refractivity contribution in [2.75, 3.05) is 20.2 Å². The molecule has 1 atom stereocenters. The van der Waals surface area contributed by atoms with Gasteiger partial charge in [0.15, 0.2) is 0 Å². The topological polar surface area (TPSA) is 96.4 Å². The van der Waals surface area contributed by atoms with Crippen molar-refractivity contribution in [3.05, 3.63) is 23.8 Å². The summed E-state index contributed by atoms with van der Waals surface area (Å²) in [6, 6.07) is 6.13. The molecular formula is C13H17N3O3S. The minimum Gasteiger partial charge on any atom is -0.495 e. The largest absolute Gasteiger partial charge is 0.495 e. The second kappa shape index (κ2) is 5.79. The Hall–Kier alpha value is -1.62. The van der Waals surface area contributed by atoms with Crippen LogP contribution in [0.1, 0.15) is 18.4 Å². The lowest BCUT2D eigenvalue weighted by atomic mass is 10.1. The van der Waals surface area contributed by atoms with Crippen LogP contribution >= 0.6 is 0 Å². The van der Waals surface area contributed by atoms with Crippen LogP contribution in [0.3, 0.4) is 0 Å². The third kappa shape index (κ3) is 2.77. The van der Waals surface area contributed by atoms with E-state index in [0.29, 0.717) is 18.7 Å². The first-order valence-electron chi connectivity index (χ1n) is 6.33. The van der Waals surface area contributed by atoms with Crippen LogP contribution in [-0.4, -0.2) is 39.0 Å². The predicted molar refractivity (Wildman–Crippen MR) is 73.7 cm³/mol.